The van der Waals surface area contributed by atoms with Crippen LogP contribution in [-0.4, -0.2) is 5.11 Å². The predicted octanol–water partition coefficient (Wildman–Crippen LogP) is 9.03. The lowest BCUT2D eigenvalue weighted by Gasteiger charge is -2.13. The van der Waals surface area contributed by atoms with Gasteiger partial charge in [0.2, 0.25) is 0 Å². The van der Waals surface area contributed by atoms with E-state index in [4.69, 9.17) is 0 Å². The second kappa shape index (κ2) is 13.4. The highest BCUT2D eigenvalue weighted by Crippen LogP contribution is 2.30. The molecule has 0 aliphatic heterocycles. The number of rotatable bonds is 12. The Bertz CT molecular complexity index is 984. The highest BCUT2D eigenvalue weighted by molar-refractivity contribution is 5.81. The molecule has 0 heterocycles. The molecule has 3 rings (SSSR count). The molecule has 166 valence electrons. The number of phenols is 1. The van der Waals surface area contributed by atoms with Crippen LogP contribution < -0.4 is 0 Å². The minimum Gasteiger partial charge on any atom is -0.508 e. The van der Waals surface area contributed by atoms with Crippen molar-refractivity contribution in [2.24, 2.45) is 0 Å². The van der Waals surface area contributed by atoms with E-state index < -0.39 is 0 Å². The number of hydrogen-bond donors (Lipinski definition) is 1. The third kappa shape index (κ3) is 7.57. The van der Waals surface area contributed by atoms with E-state index in [9.17, 15) is 5.11 Å². The van der Waals surface area contributed by atoms with Gasteiger partial charge in [0.15, 0.2) is 0 Å². The fourth-order valence-corrected chi connectivity index (χ4v) is 4.03. The highest BCUT2D eigenvalue weighted by atomic mass is 16.3. The fourth-order valence-electron chi connectivity index (χ4n) is 4.03. The van der Waals surface area contributed by atoms with Gasteiger partial charge < -0.3 is 5.11 Å². The van der Waals surface area contributed by atoms with Crippen LogP contribution in [0.2, 0.25) is 0 Å². The average Bonchev–Trinajstić information content (AvgIpc) is 2.84. The van der Waals surface area contributed by atoms with Crippen LogP contribution in [-0.2, 0) is 6.42 Å². The van der Waals surface area contributed by atoms with Crippen molar-refractivity contribution >= 4 is 24.3 Å². The maximum atomic E-state index is 10.7. The van der Waals surface area contributed by atoms with Gasteiger partial charge in [-0.05, 0) is 41.2 Å². The number of phenolic OH excluding ortho intramolecular Hbond substituents is 1. The molecule has 0 atom stereocenters. The van der Waals surface area contributed by atoms with Crippen LogP contribution in [0.1, 0.15) is 79.7 Å². The van der Waals surface area contributed by atoms with Crippen molar-refractivity contribution in [1.29, 1.82) is 0 Å². The normalized spacial score (nSPS) is 11.5. The lowest BCUT2D eigenvalue weighted by Crippen LogP contribution is -1.95. The summed E-state index contributed by atoms with van der Waals surface area (Å²) in [5.41, 5.74) is 5.65. The molecule has 0 saturated carbocycles. The number of unbranched alkanes of at least 4 members (excludes halogenated alkanes) is 6. The maximum Gasteiger partial charge on any atom is 0.119 e. The van der Waals surface area contributed by atoms with Crippen LogP contribution >= 0.6 is 0 Å². The van der Waals surface area contributed by atoms with Gasteiger partial charge in [-0.2, -0.15) is 0 Å². The predicted molar refractivity (Wildman–Crippen MR) is 141 cm³/mol. The first-order valence-corrected chi connectivity index (χ1v) is 12.1. The van der Waals surface area contributed by atoms with E-state index in [2.05, 4.69) is 79.8 Å². The Kier molecular flexibility index (Phi) is 9.86. The van der Waals surface area contributed by atoms with Crippen LogP contribution in [0.4, 0.5) is 0 Å². The van der Waals surface area contributed by atoms with E-state index in [1.165, 1.54) is 44.1 Å². The summed E-state index contributed by atoms with van der Waals surface area (Å²) in [5, 5.41) is 10.7. The molecule has 0 aromatic heterocycles. The van der Waals surface area contributed by atoms with Gasteiger partial charge in [-0.1, -0.05) is 136 Å². The molecular formula is C31H36O. The van der Waals surface area contributed by atoms with Crippen molar-refractivity contribution in [1.82, 2.24) is 0 Å². The smallest absolute Gasteiger partial charge is 0.119 e. The van der Waals surface area contributed by atoms with Crippen LogP contribution in [0.25, 0.3) is 24.3 Å². The number of aromatic hydroxyl groups is 1. The molecule has 32 heavy (non-hydrogen) atoms. The zero-order chi connectivity index (χ0) is 22.4. The molecule has 0 unspecified atom stereocenters. The molecule has 0 bridgehead atoms. The van der Waals surface area contributed by atoms with E-state index in [0.717, 1.165) is 35.1 Å². The van der Waals surface area contributed by atoms with Crippen LogP contribution in [0, 0.1) is 0 Å². The largest absolute Gasteiger partial charge is 0.508 e. The minimum absolute atomic E-state index is 0.403. The Hall–Kier alpha value is -3.06. The zero-order valence-corrected chi connectivity index (χ0v) is 19.3. The second-order valence-corrected chi connectivity index (χ2v) is 8.43. The Labute approximate surface area is 194 Å². The van der Waals surface area contributed by atoms with E-state index in [0.29, 0.717) is 5.75 Å². The van der Waals surface area contributed by atoms with Gasteiger partial charge in [0.25, 0.3) is 0 Å². The molecular weight excluding hydrogens is 388 g/mol. The Balaban J connectivity index is 1.81. The molecule has 0 fully saturated rings. The molecule has 0 aliphatic rings. The van der Waals surface area contributed by atoms with E-state index >= 15 is 0 Å². The highest BCUT2D eigenvalue weighted by Gasteiger charge is 2.10. The van der Waals surface area contributed by atoms with Gasteiger partial charge in [0.1, 0.15) is 5.75 Å². The van der Waals surface area contributed by atoms with Crippen LogP contribution in [0.15, 0.2) is 72.8 Å². The molecule has 0 radical (unpaired) electrons. The number of hydrogen-bond acceptors (Lipinski definition) is 1. The molecule has 0 amide bonds. The standard InChI is InChI=1S/C31H36O/c1-2-3-4-5-6-7-14-19-30-29(24-21-27-17-12-9-13-18-27)28(23-25-31(30)32)22-20-26-15-10-8-11-16-26/h8-13,15-18,20-25,32H,2-7,14,19H2,1H3/b22-20+,24-21+. The summed E-state index contributed by atoms with van der Waals surface area (Å²) in [6.07, 6.45) is 18.4. The lowest BCUT2D eigenvalue weighted by atomic mass is 9.94. The second-order valence-electron chi connectivity index (χ2n) is 8.43. The van der Waals surface area contributed by atoms with Crippen molar-refractivity contribution in [2.75, 3.05) is 0 Å². The summed E-state index contributed by atoms with van der Waals surface area (Å²) in [7, 11) is 0. The minimum atomic E-state index is 0.403. The van der Waals surface area contributed by atoms with Gasteiger partial charge in [0, 0.05) is 5.56 Å². The topological polar surface area (TPSA) is 20.2 Å². The average molecular weight is 425 g/mol. The van der Waals surface area contributed by atoms with Gasteiger partial charge >= 0.3 is 0 Å². The SMILES string of the molecule is CCCCCCCCCc1c(O)ccc(/C=C/c2ccccc2)c1/C=C/c1ccccc1. The summed E-state index contributed by atoms with van der Waals surface area (Å²) in [5.74, 6) is 0.403. The van der Waals surface area contributed by atoms with Crippen LogP contribution in [0.5, 0.6) is 5.75 Å². The van der Waals surface area contributed by atoms with Crippen LogP contribution in [0.3, 0.4) is 0 Å². The molecule has 0 spiro atoms. The summed E-state index contributed by atoms with van der Waals surface area (Å²) < 4.78 is 0. The first kappa shape index (κ1) is 23.6. The van der Waals surface area contributed by atoms with Gasteiger partial charge in [-0.15, -0.1) is 0 Å². The Morgan fingerprint density at radius 2 is 1.16 bits per heavy atom. The molecule has 3 aromatic rings. The molecule has 1 heteroatoms. The van der Waals surface area contributed by atoms with Gasteiger partial charge in [-0.3, -0.25) is 0 Å². The third-order valence-corrected chi connectivity index (χ3v) is 5.89. The first-order chi connectivity index (χ1) is 15.8. The number of benzene rings is 3. The monoisotopic (exact) mass is 424 g/mol. The summed E-state index contributed by atoms with van der Waals surface area (Å²) in [6.45, 7) is 2.26. The lowest BCUT2D eigenvalue weighted by molar-refractivity contribution is 0.465. The Morgan fingerprint density at radius 1 is 0.594 bits per heavy atom. The van der Waals surface area contributed by atoms with Crippen molar-refractivity contribution in [2.45, 2.75) is 58.3 Å². The summed E-state index contributed by atoms with van der Waals surface area (Å²) in [4.78, 5) is 0. The van der Waals surface area contributed by atoms with E-state index in [-0.39, 0.29) is 0 Å². The molecule has 1 N–H and O–H groups in total. The quantitative estimate of drug-likeness (QED) is 0.227. The molecule has 1 nitrogen and oxygen atoms in total. The van der Waals surface area contributed by atoms with Crippen molar-refractivity contribution in [3.05, 3.63) is 101 Å². The van der Waals surface area contributed by atoms with Gasteiger partial charge in [-0.25, -0.2) is 0 Å². The van der Waals surface area contributed by atoms with Gasteiger partial charge in [0.05, 0.1) is 0 Å². The van der Waals surface area contributed by atoms with E-state index in [1.54, 1.807) is 0 Å². The molecule has 0 aliphatic carbocycles. The summed E-state index contributed by atoms with van der Waals surface area (Å²) in [6, 6.07) is 24.6. The van der Waals surface area contributed by atoms with Crippen molar-refractivity contribution in [3.8, 4) is 5.75 Å². The third-order valence-electron chi connectivity index (χ3n) is 5.89. The molecule has 0 saturated heterocycles. The van der Waals surface area contributed by atoms with E-state index in [1.807, 2.05) is 24.3 Å². The maximum absolute atomic E-state index is 10.7. The van der Waals surface area contributed by atoms with Crippen molar-refractivity contribution in [3.63, 3.8) is 0 Å². The fraction of sp³-hybridized carbons (Fsp3) is 0.290. The molecule has 3 aromatic carbocycles. The zero-order valence-electron chi connectivity index (χ0n) is 19.3. The summed E-state index contributed by atoms with van der Waals surface area (Å²) >= 11 is 0. The van der Waals surface area contributed by atoms with Crippen molar-refractivity contribution < 1.29 is 5.11 Å². The Morgan fingerprint density at radius 3 is 1.78 bits per heavy atom. The first-order valence-electron chi connectivity index (χ1n) is 12.1.